The average molecular weight is 269 g/mol. The van der Waals surface area contributed by atoms with Crippen LogP contribution in [0.3, 0.4) is 0 Å². The van der Waals surface area contributed by atoms with E-state index in [9.17, 15) is 9.90 Å². The number of likely N-dealkylation sites (tertiary alicyclic amines) is 1. The van der Waals surface area contributed by atoms with Crippen molar-refractivity contribution in [3.05, 3.63) is 0 Å². The van der Waals surface area contributed by atoms with Crippen LogP contribution < -0.4 is 0 Å². The van der Waals surface area contributed by atoms with Gasteiger partial charge in [-0.3, -0.25) is 0 Å². The summed E-state index contributed by atoms with van der Waals surface area (Å²) >= 11 is 0. The number of ether oxygens (including phenoxy) is 1. The van der Waals surface area contributed by atoms with Gasteiger partial charge in [-0.1, -0.05) is 0 Å². The number of hydrogen-bond donors (Lipinski definition) is 1. The minimum absolute atomic E-state index is 0.155. The van der Waals surface area contributed by atoms with Gasteiger partial charge in [-0.05, 0) is 59.8 Å². The van der Waals surface area contributed by atoms with Crippen LogP contribution in [0.4, 0.5) is 4.79 Å². The largest absolute Gasteiger partial charge is 0.444 e. The van der Waals surface area contributed by atoms with Crippen LogP contribution in [0, 0.1) is 5.92 Å². The third-order valence-corrected chi connectivity index (χ3v) is 4.34. The Hall–Kier alpha value is -0.770. The fourth-order valence-electron chi connectivity index (χ4n) is 3.48. The lowest BCUT2D eigenvalue weighted by atomic mass is 9.75. The lowest BCUT2D eigenvalue weighted by molar-refractivity contribution is -0.0573. The zero-order chi connectivity index (χ0) is 14.2. The van der Waals surface area contributed by atoms with E-state index in [1.807, 2.05) is 25.7 Å². The molecule has 4 nitrogen and oxygen atoms in total. The SMILES string of the molecule is CC1CCC2C(O)CCCC2N1C(=O)OC(C)(C)C. The summed E-state index contributed by atoms with van der Waals surface area (Å²) in [5, 5.41) is 10.1. The Bertz CT molecular complexity index is 337. The highest BCUT2D eigenvalue weighted by Gasteiger charge is 2.44. The molecule has 1 aliphatic carbocycles. The van der Waals surface area contributed by atoms with Crippen molar-refractivity contribution in [1.82, 2.24) is 4.90 Å². The van der Waals surface area contributed by atoms with Crippen LogP contribution in [0.5, 0.6) is 0 Å². The number of carbonyl (C=O) groups is 1. The molecule has 1 amide bonds. The first-order valence-corrected chi connectivity index (χ1v) is 7.49. The highest BCUT2D eigenvalue weighted by molar-refractivity contribution is 5.69. The first-order valence-electron chi connectivity index (χ1n) is 7.49. The smallest absolute Gasteiger partial charge is 0.410 e. The predicted molar refractivity (Wildman–Crippen MR) is 73.9 cm³/mol. The Balaban J connectivity index is 2.13. The van der Waals surface area contributed by atoms with Gasteiger partial charge in [0.2, 0.25) is 0 Å². The number of hydrogen-bond acceptors (Lipinski definition) is 3. The van der Waals surface area contributed by atoms with Crippen molar-refractivity contribution in [2.75, 3.05) is 0 Å². The first kappa shape index (κ1) is 14.6. The molecule has 110 valence electrons. The highest BCUT2D eigenvalue weighted by Crippen LogP contribution is 2.38. The summed E-state index contributed by atoms with van der Waals surface area (Å²) in [7, 11) is 0. The highest BCUT2D eigenvalue weighted by atomic mass is 16.6. The molecule has 4 atom stereocenters. The molecule has 0 aromatic heterocycles. The van der Waals surface area contributed by atoms with Gasteiger partial charge in [-0.2, -0.15) is 0 Å². The van der Waals surface area contributed by atoms with Gasteiger partial charge in [0.25, 0.3) is 0 Å². The predicted octanol–water partition coefficient (Wildman–Crippen LogP) is 2.94. The molecule has 0 aromatic rings. The van der Waals surface area contributed by atoms with Crippen LogP contribution >= 0.6 is 0 Å². The molecule has 2 fully saturated rings. The standard InChI is InChI=1S/C15H27NO3/c1-10-8-9-11-12(6-5-7-13(11)17)16(10)14(18)19-15(2,3)4/h10-13,17H,5-9H2,1-4H3. The number of piperidine rings is 1. The molecule has 1 heterocycles. The number of fused-ring (bicyclic) bond motifs is 1. The van der Waals surface area contributed by atoms with E-state index in [2.05, 4.69) is 6.92 Å². The maximum atomic E-state index is 12.4. The Morgan fingerprint density at radius 2 is 1.89 bits per heavy atom. The summed E-state index contributed by atoms with van der Waals surface area (Å²) in [5.74, 6) is 0.234. The average Bonchev–Trinajstić information content (AvgIpc) is 2.26. The topological polar surface area (TPSA) is 49.8 Å². The van der Waals surface area contributed by atoms with Crippen LogP contribution in [0.1, 0.15) is 59.8 Å². The van der Waals surface area contributed by atoms with Crippen LogP contribution in [0.25, 0.3) is 0 Å². The Labute approximate surface area is 116 Å². The van der Waals surface area contributed by atoms with Crippen molar-refractivity contribution in [3.8, 4) is 0 Å². The number of nitrogens with zero attached hydrogens (tertiary/aromatic N) is 1. The number of aliphatic hydroxyl groups is 1. The number of amides is 1. The van der Waals surface area contributed by atoms with Gasteiger partial charge in [0.1, 0.15) is 5.60 Å². The van der Waals surface area contributed by atoms with Crippen LogP contribution in [0.2, 0.25) is 0 Å². The summed E-state index contributed by atoms with van der Waals surface area (Å²) in [5.41, 5.74) is -0.461. The van der Waals surface area contributed by atoms with E-state index in [1.54, 1.807) is 0 Å². The summed E-state index contributed by atoms with van der Waals surface area (Å²) in [6.45, 7) is 7.77. The number of rotatable bonds is 0. The molecular formula is C15H27NO3. The molecule has 0 bridgehead atoms. The van der Waals surface area contributed by atoms with Crippen molar-refractivity contribution in [1.29, 1.82) is 0 Å². The maximum Gasteiger partial charge on any atom is 0.410 e. The summed E-state index contributed by atoms with van der Waals surface area (Å²) < 4.78 is 5.54. The molecule has 1 N–H and O–H groups in total. The van der Waals surface area contributed by atoms with Gasteiger partial charge in [0.15, 0.2) is 0 Å². The quantitative estimate of drug-likeness (QED) is 0.735. The molecule has 4 heteroatoms. The fraction of sp³-hybridized carbons (Fsp3) is 0.933. The molecule has 19 heavy (non-hydrogen) atoms. The van der Waals surface area contributed by atoms with E-state index in [0.717, 1.165) is 32.1 Å². The van der Waals surface area contributed by atoms with E-state index in [-0.39, 0.29) is 30.2 Å². The van der Waals surface area contributed by atoms with Crippen molar-refractivity contribution < 1.29 is 14.6 Å². The van der Waals surface area contributed by atoms with E-state index >= 15 is 0 Å². The van der Waals surface area contributed by atoms with Crippen molar-refractivity contribution in [3.63, 3.8) is 0 Å². The van der Waals surface area contributed by atoms with Gasteiger partial charge in [0, 0.05) is 18.0 Å². The van der Waals surface area contributed by atoms with Gasteiger partial charge in [0.05, 0.1) is 6.10 Å². The summed E-state index contributed by atoms with van der Waals surface area (Å²) in [6.07, 6.45) is 4.36. The van der Waals surface area contributed by atoms with Crippen molar-refractivity contribution in [2.24, 2.45) is 5.92 Å². The van der Waals surface area contributed by atoms with E-state index in [4.69, 9.17) is 4.74 Å². The minimum Gasteiger partial charge on any atom is -0.444 e. The van der Waals surface area contributed by atoms with Crippen molar-refractivity contribution in [2.45, 2.75) is 83.6 Å². The minimum atomic E-state index is -0.461. The Morgan fingerprint density at radius 1 is 1.21 bits per heavy atom. The van der Waals surface area contributed by atoms with Crippen LogP contribution in [-0.2, 0) is 4.74 Å². The van der Waals surface area contributed by atoms with Crippen LogP contribution in [0.15, 0.2) is 0 Å². The van der Waals surface area contributed by atoms with Gasteiger partial charge < -0.3 is 14.7 Å². The number of carbonyl (C=O) groups excluding carboxylic acids is 1. The molecule has 1 saturated carbocycles. The Kier molecular flexibility index (Phi) is 4.09. The molecular weight excluding hydrogens is 242 g/mol. The number of aliphatic hydroxyl groups excluding tert-OH is 1. The zero-order valence-corrected chi connectivity index (χ0v) is 12.6. The lowest BCUT2D eigenvalue weighted by Gasteiger charge is -2.49. The van der Waals surface area contributed by atoms with E-state index in [0.29, 0.717) is 0 Å². The second-order valence-corrected chi connectivity index (χ2v) is 7.04. The molecule has 0 spiro atoms. The normalized spacial score (nSPS) is 35.7. The van der Waals surface area contributed by atoms with Crippen molar-refractivity contribution >= 4 is 6.09 Å². The second-order valence-electron chi connectivity index (χ2n) is 7.04. The first-order chi connectivity index (χ1) is 8.79. The van der Waals surface area contributed by atoms with Gasteiger partial charge >= 0.3 is 6.09 Å². The third-order valence-electron chi connectivity index (χ3n) is 4.34. The Morgan fingerprint density at radius 3 is 2.53 bits per heavy atom. The molecule has 4 unspecified atom stereocenters. The summed E-state index contributed by atoms with van der Waals surface area (Å²) in [6, 6.07) is 0.365. The zero-order valence-electron chi connectivity index (χ0n) is 12.6. The summed E-state index contributed by atoms with van der Waals surface area (Å²) in [4.78, 5) is 14.3. The monoisotopic (exact) mass is 269 g/mol. The van der Waals surface area contributed by atoms with E-state index in [1.165, 1.54) is 0 Å². The van der Waals surface area contributed by atoms with Gasteiger partial charge in [-0.25, -0.2) is 4.79 Å². The lowest BCUT2D eigenvalue weighted by Crippen LogP contribution is -2.57. The third kappa shape index (κ3) is 3.22. The second kappa shape index (κ2) is 5.31. The van der Waals surface area contributed by atoms with Gasteiger partial charge in [-0.15, -0.1) is 0 Å². The maximum absolute atomic E-state index is 12.4. The molecule has 1 saturated heterocycles. The molecule has 0 radical (unpaired) electrons. The van der Waals surface area contributed by atoms with E-state index < -0.39 is 5.60 Å². The molecule has 1 aliphatic heterocycles. The molecule has 2 rings (SSSR count). The van der Waals surface area contributed by atoms with Crippen LogP contribution in [-0.4, -0.2) is 39.9 Å². The molecule has 0 aromatic carbocycles. The molecule has 2 aliphatic rings. The fourth-order valence-corrected chi connectivity index (χ4v) is 3.48.